The quantitative estimate of drug-likeness (QED) is 0.817. The van der Waals surface area contributed by atoms with Crippen molar-refractivity contribution in [2.24, 2.45) is 0 Å². The normalized spacial score (nSPS) is 10.4. The monoisotopic (exact) mass is 331 g/mol. The molecule has 0 unspecified atom stereocenters. The molecule has 0 aliphatic rings. The maximum atomic E-state index is 5.87. The van der Waals surface area contributed by atoms with Gasteiger partial charge in [-0.15, -0.1) is 0 Å². The van der Waals surface area contributed by atoms with Gasteiger partial charge in [0.2, 0.25) is 5.28 Å². The number of nitrogens with one attached hydrogen (secondary N) is 1. The lowest BCUT2D eigenvalue weighted by Gasteiger charge is -2.10. The second kappa shape index (κ2) is 5.21. The summed E-state index contributed by atoms with van der Waals surface area (Å²) in [6.45, 7) is 1.91. The third-order valence-electron chi connectivity index (χ3n) is 2.13. The number of aryl methyl sites for hydroxylation is 1. The van der Waals surface area contributed by atoms with Gasteiger partial charge in [-0.05, 0) is 52.7 Å². The van der Waals surface area contributed by atoms with Crippen LogP contribution in [0.25, 0.3) is 0 Å². The van der Waals surface area contributed by atoms with Gasteiger partial charge in [-0.25, -0.2) is 9.97 Å². The smallest absolute Gasteiger partial charge is 0.224 e. The molecule has 3 nitrogen and oxygen atoms in total. The highest BCUT2D eigenvalue weighted by atomic mass is 79.9. The Balaban J connectivity index is 2.34. The number of halogens is 3. The van der Waals surface area contributed by atoms with Crippen LogP contribution in [0.5, 0.6) is 0 Å². The molecule has 1 heterocycles. The van der Waals surface area contributed by atoms with Crippen LogP contribution in [0.4, 0.5) is 11.5 Å². The van der Waals surface area contributed by atoms with E-state index >= 15 is 0 Å². The van der Waals surface area contributed by atoms with Crippen LogP contribution < -0.4 is 5.32 Å². The van der Waals surface area contributed by atoms with Gasteiger partial charge >= 0.3 is 0 Å². The summed E-state index contributed by atoms with van der Waals surface area (Å²) in [6, 6.07) is 5.47. The van der Waals surface area contributed by atoms with Crippen molar-refractivity contribution in [3.05, 3.63) is 44.7 Å². The van der Waals surface area contributed by atoms with E-state index in [0.717, 1.165) is 15.7 Å². The Morgan fingerprint density at radius 1 is 1.29 bits per heavy atom. The van der Waals surface area contributed by atoms with Gasteiger partial charge in [0, 0.05) is 21.3 Å². The molecular weight excluding hydrogens is 325 g/mol. The highest BCUT2D eigenvalue weighted by molar-refractivity contribution is 9.10. The molecule has 1 aromatic carbocycles. The Kier molecular flexibility index (Phi) is 3.86. The van der Waals surface area contributed by atoms with Crippen LogP contribution in [-0.2, 0) is 0 Å². The molecule has 0 aliphatic heterocycles. The minimum atomic E-state index is 0.211. The lowest BCUT2D eigenvalue weighted by molar-refractivity contribution is 1.13. The van der Waals surface area contributed by atoms with Crippen molar-refractivity contribution >= 4 is 50.6 Å². The largest absolute Gasteiger partial charge is 0.339 e. The van der Waals surface area contributed by atoms with Crippen molar-refractivity contribution in [1.29, 1.82) is 0 Å². The first kappa shape index (κ1) is 12.6. The van der Waals surface area contributed by atoms with Crippen molar-refractivity contribution < 1.29 is 0 Å². The Morgan fingerprint density at radius 3 is 2.76 bits per heavy atom. The van der Waals surface area contributed by atoms with Gasteiger partial charge < -0.3 is 5.32 Å². The Morgan fingerprint density at radius 2 is 2.06 bits per heavy atom. The molecule has 1 aromatic heterocycles. The molecule has 0 radical (unpaired) electrons. The molecule has 1 N–H and O–H groups in total. The number of benzene rings is 1. The zero-order valence-electron chi connectivity index (χ0n) is 8.84. The fraction of sp³-hybridized carbons (Fsp3) is 0.0909. The first-order chi connectivity index (χ1) is 8.06. The molecule has 88 valence electrons. The van der Waals surface area contributed by atoms with Gasteiger partial charge in [-0.3, -0.25) is 0 Å². The lowest BCUT2D eigenvalue weighted by Crippen LogP contribution is -1.98. The Labute approximate surface area is 117 Å². The van der Waals surface area contributed by atoms with Gasteiger partial charge in [0.15, 0.2) is 0 Å². The van der Waals surface area contributed by atoms with Crippen LogP contribution in [0, 0.1) is 6.92 Å². The van der Waals surface area contributed by atoms with Crippen LogP contribution in [0.2, 0.25) is 10.3 Å². The highest BCUT2D eigenvalue weighted by Gasteiger charge is 2.05. The third kappa shape index (κ3) is 3.09. The summed E-state index contributed by atoms with van der Waals surface area (Å²) >= 11 is 15.0. The van der Waals surface area contributed by atoms with Crippen LogP contribution >= 0.6 is 39.1 Å². The fourth-order valence-corrected chi connectivity index (χ4v) is 2.18. The summed E-state index contributed by atoms with van der Waals surface area (Å²) in [5, 5.41) is 4.05. The van der Waals surface area contributed by atoms with Gasteiger partial charge in [-0.2, -0.15) is 0 Å². The van der Waals surface area contributed by atoms with E-state index in [2.05, 4.69) is 31.2 Å². The zero-order valence-corrected chi connectivity index (χ0v) is 11.9. The summed E-state index contributed by atoms with van der Waals surface area (Å²) in [6.07, 6.45) is 1.67. The van der Waals surface area contributed by atoms with E-state index in [9.17, 15) is 0 Å². The van der Waals surface area contributed by atoms with E-state index in [4.69, 9.17) is 23.2 Å². The van der Waals surface area contributed by atoms with E-state index < -0.39 is 0 Å². The van der Waals surface area contributed by atoms with Crippen LogP contribution in [0.1, 0.15) is 5.56 Å². The molecule has 0 saturated heterocycles. The van der Waals surface area contributed by atoms with Crippen molar-refractivity contribution in [3.8, 4) is 0 Å². The average molecular weight is 333 g/mol. The summed E-state index contributed by atoms with van der Waals surface area (Å²) < 4.78 is 0.860. The van der Waals surface area contributed by atoms with E-state index in [0.29, 0.717) is 10.8 Å². The molecule has 0 spiro atoms. The minimum absolute atomic E-state index is 0.211. The molecule has 0 bridgehead atoms. The maximum absolute atomic E-state index is 5.87. The van der Waals surface area contributed by atoms with Crippen molar-refractivity contribution in [2.45, 2.75) is 6.92 Å². The summed E-state index contributed by atoms with van der Waals surface area (Å²) in [5.74, 6) is 0.674. The second-order valence-electron chi connectivity index (χ2n) is 3.42. The molecular formula is C11H8BrCl2N3. The summed E-state index contributed by atoms with van der Waals surface area (Å²) in [5.41, 5.74) is 1.78. The van der Waals surface area contributed by atoms with Crippen molar-refractivity contribution in [2.75, 3.05) is 5.32 Å². The van der Waals surface area contributed by atoms with Crippen LogP contribution in [0.3, 0.4) is 0 Å². The highest BCUT2D eigenvalue weighted by Crippen LogP contribution is 2.29. The van der Waals surface area contributed by atoms with E-state index in [1.54, 1.807) is 12.3 Å². The Bertz CT molecular complexity index is 560. The molecule has 0 saturated carbocycles. The minimum Gasteiger partial charge on any atom is -0.339 e. The van der Waals surface area contributed by atoms with Crippen molar-refractivity contribution in [3.63, 3.8) is 0 Å². The first-order valence-corrected chi connectivity index (χ1v) is 6.32. The number of nitrogens with zero attached hydrogens (tertiary/aromatic N) is 2. The number of rotatable bonds is 2. The lowest BCUT2D eigenvalue weighted by atomic mass is 10.3. The third-order valence-corrected chi connectivity index (χ3v) is 3.20. The predicted octanol–water partition coefficient (Wildman–Crippen LogP) is 4.60. The van der Waals surface area contributed by atoms with Gasteiger partial charge in [0.25, 0.3) is 0 Å². The van der Waals surface area contributed by atoms with Gasteiger partial charge in [-0.1, -0.05) is 11.6 Å². The molecule has 2 aromatic rings. The summed E-state index contributed by atoms with van der Waals surface area (Å²) in [4.78, 5) is 8.02. The second-order valence-corrected chi connectivity index (χ2v) is 5.05. The van der Waals surface area contributed by atoms with E-state index in [1.807, 2.05) is 19.1 Å². The molecule has 0 fully saturated rings. The van der Waals surface area contributed by atoms with Gasteiger partial charge in [0.1, 0.15) is 5.82 Å². The van der Waals surface area contributed by atoms with Gasteiger partial charge in [0.05, 0.1) is 5.69 Å². The Hall–Kier alpha value is -0.840. The van der Waals surface area contributed by atoms with Crippen LogP contribution in [-0.4, -0.2) is 9.97 Å². The number of aromatic nitrogens is 2. The molecule has 17 heavy (non-hydrogen) atoms. The number of hydrogen-bond donors (Lipinski definition) is 1. The SMILES string of the molecule is Cc1cnc(Cl)nc1Nc1ccc(Cl)cc1Br. The molecule has 0 amide bonds. The number of anilines is 2. The topological polar surface area (TPSA) is 37.8 Å². The van der Waals surface area contributed by atoms with E-state index in [1.165, 1.54) is 0 Å². The first-order valence-electron chi connectivity index (χ1n) is 4.77. The molecule has 0 atom stereocenters. The standard InChI is InChI=1S/C11H8BrCl2N3/c1-6-5-15-11(14)17-10(6)16-9-3-2-7(13)4-8(9)12/h2-5H,1H3,(H,15,16,17). The molecule has 0 aliphatic carbocycles. The average Bonchev–Trinajstić information content (AvgIpc) is 2.27. The number of hydrogen-bond acceptors (Lipinski definition) is 3. The maximum Gasteiger partial charge on any atom is 0.224 e. The molecule has 2 rings (SSSR count). The van der Waals surface area contributed by atoms with Crippen LogP contribution in [0.15, 0.2) is 28.9 Å². The predicted molar refractivity (Wildman–Crippen MR) is 74.2 cm³/mol. The van der Waals surface area contributed by atoms with Crippen molar-refractivity contribution in [1.82, 2.24) is 9.97 Å². The zero-order chi connectivity index (χ0) is 12.4. The van der Waals surface area contributed by atoms with E-state index in [-0.39, 0.29) is 5.28 Å². The molecule has 6 heteroatoms. The fourth-order valence-electron chi connectivity index (χ4n) is 1.27. The summed E-state index contributed by atoms with van der Waals surface area (Å²) in [7, 11) is 0.